The van der Waals surface area contributed by atoms with Crippen LogP contribution >= 0.6 is 0 Å². The van der Waals surface area contributed by atoms with Crippen molar-refractivity contribution in [1.82, 2.24) is 4.98 Å². The lowest BCUT2D eigenvalue weighted by Gasteiger charge is -2.06. The summed E-state index contributed by atoms with van der Waals surface area (Å²) in [6.45, 7) is 1.85. The van der Waals surface area contributed by atoms with Crippen LogP contribution in [-0.2, 0) is 0 Å². The summed E-state index contributed by atoms with van der Waals surface area (Å²) in [4.78, 5) is 3.84. The van der Waals surface area contributed by atoms with Crippen molar-refractivity contribution in [2.45, 2.75) is 6.92 Å². The molecule has 0 unspecified atom stereocenters. The summed E-state index contributed by atoms with van der Waals surface area (Å²) in [5.74, 6) is 0.116. The molecule has 0 amide bonds. The van der Waals surface area contributed by atoms with E-state index in [-0.39, 0.29) is 5.75 Å². The molecule has 0 saturated carbocycles. The van der Waals surface area contributed by atoms with E-state index in [1.807, 2.05) is 13.0 Å². The minimum atomic E-state index is -0.431. The number of benzene rings is 1. The van der Waals surface area contributed by atoms with Gasteiger partial charge in [0.05, 0.1) is 6.20 Å². The van der Waals surface area contributed by atoms with Crippen LogP contribution in [-0.4, -0.2) is 4.98 Å². The van der Waals surface area contributed by atoms with Gasteiger partial charge in [-0.2, -0.15) is 5.26 Å². The first kappa shape index (κ1) is 11.1. The second-order valence-corrected chi connectivity index (χ2v) is 3.53. The highest BCUT2D eigenvalue weighted by Crippen LogP contribution is 2.24. The van der Waals surface area contributed by atoms with Crippen molar-refractivity contribution in [3.8, 4) is 17.6 Å². The van der Waals surface area contributed by atoms with Crippen molar-refractivity contribution < 1.29 is 9.13 Å². The third kappa shape index (κ3) is 2.58. The van der Waals surface area contributed by atoms with Crippen molar-refractivity contribution in [1.29, 1.82) is 5.26 Å². The Morgan fingerprint density at radius 2 is 2.12 bits per heavy atom. The summed E-state index contributed by atoms with van der Waals surface area (Å²) < 4.78 is 18.7. The molecule has 84 valence electrons. The maximum Gasteiger partial charge on any atom is 0.165 e. The molecule has 0 atom stereocenters. The molecule has 0 fully saturated rings. The predicted molar refractivity (Wildman–Crippen MR) is 60.2 cm³/mol. The van der Waals surface area contributed by atoms with Crippen molar-refractivity contribution in [3.63, 3.8) is 0 Å². The van der Waals surface area contributed by atoms with Gasteiger partial charge in [0.2, 0.25) is 0 Å². The van der Waals surface area contributed by atoms with Crippen molar-refractivity contribution >= 4 is 0 Å². The Morgan fingerprint density at radius 3 is 2.76 bits per heavy atom. The van der Waals surface area contributed by atoms with Crippen LogP contribution in [0.1, 0.15) is 11.3 Å². The Bertz CT molecular complexity index is 573. The average Bonchev–Trinajstić information content (AvgIpc) is 2.35. The van der Waals surface area contributed by atoms with Crippen LogP contribution in [0.15, 0.2) is 36.5 Å². The Kier molecular flexibility index (Phi) is 3.01. The summed E-state index contributed by atoms with van der Waals surface area (Å²) in [5.41, 5.74) is 1.20. The third-order valence-electron chi connectivity index (χ3n) is 2.17. The van der Waals surface area contributed by atoms with Crippen LogP contribution in [0.25, 0.3) is 0 Å². The number of aromatic nitrogens is 1. The Hall–Kier alpha value is -2.41. The second-order valence-electron chi connectivity index (χ2n) is 3.53. The molecule has 17 heavy (non-hydrogen) atoms. The molecule has 0 aliphatic carbocycles. The number of rotatable bonds is 2. The topological polar surface area (TPSA) is 45.9 Å². The van der Waals surface area contributed by atoms with Crippen LogP contribution in [0, 0.1) is 24.1 Å². The van der Waals surface area contributed by atoms with Gasteiger partial charge in [0.15, 0.2) is 11.6 Å². The highest BCUT2D eigenvalue weighted by atomic mass is 19.1. The van der Waals surface area contributed by atoms with Gasteiger partial charge in [-0.15, -0.1) is 0 Å². The Labute approximate surface area is 98.1 Å². The van der Waals surface area contributed by atoms with Gasteiger partial charge in [-0.25, -0.2) is 9.37 Å². The zero-order valence-electron chi connectivity index (χ0n) is 9.14. The van der Waals surface area contributed by atoms with E-state index in [0.29, 0.717) is 11.4 Å². The van der Waals surface area contributed by atoms with Gasteiger partial charge >= 0.3 is 0 Å². The zero-order chi connectivity index (χ0) is 12.3. The molecule has 0 aliphatic rings. The Balaban J connectivity index is 2.25. The molecule has 2 rings (SSSR count). The summed E-state index contributed by atoms with van der Waals surface area (Å²) in [7, 11) is 0. The first-order valence-electron chi connectivity index (χ1n) is 4.99. The van der Waals surface area contributed by atoms with Crippen LogP contribution < -0.4 is 4.74 Å². The third-order valence-corrected chi connectivity index (χ3v) is 2.17. The molecule has 0 radical (unpaired) electrons. The fourth-order valence-corrected chi connectivity index (χ4v) is 1.32. The zero-order valence-corrected chi connectivity index (χ0v) is 9.14. The van der Waals surface area contributed by atoms with Gasteiger partial charge in [0.25, 0.3) is 0 Å². The van der Waals surface area contributed by atoms with E-state index in [9.17, 15) is 4.39 Å². The fraction of sp³-hybridized carbons (Fsp3) is 0.0769. The molecule has 2 aromatic rings. The monoisotopic (exact) mass is 228 g/mol. The largest absolute Gasteiger partial charge is 0.453 e. The van der Waals surface area contributed by atoms with E-state index in [4.69, 9.17) is 10.00 Å². The highest BCUT2D eigenvalue weighted by Gasteiger charge is 2.05. The molecule has 4 heteroatoms. The summed E-state index contributed by atoms with van der Waals surface area (Å²) >= 11 is 0. The maximum atomic E-state index is 13.4. The van der Waals surface area contributed by atoms with E-state index >= 15 is 0 Å². The van der Waals surface area contributed by atoms with E-state index in [1.54, 1.807) is 18.2 Å². The van der Waals surface area contributed by atoms with Gasteiger partial charge in [0, 0.05) is 0 Å². The molecular weight excluding hydrogens is 219 g/mol. The molecule has 0 saturated heterocycles. The van der Waals surface area contributed by atoms with Crippen LogP contribution in [0.4, 0.5) is 4.39 Å². The van der Waals surface area contributed by atoms with E-state index < -0.39 is 5.82 Å². The summed E-state index contributed by atoms with van der Waals surface area (Å²) in [6.07, 6.45) is 1.39. The van der Waals surface area contributed by atoms with Crippen molar-refractivity contribution in [2.75, 3.05) is 0 Å². The molecule has 1 heterocycles. The lowest BCUT2D eigenvalue weighted by Crippen LogP contribution is -1.90. The predicted octanol–water partition coefficient (Wildman–Crippen LogP) is 3.19. The number of nitriles is 1. The quantitative estimate of drug-likeness (QED) is 0.792. The number of halogens is 1. The minimum absolute atomic E-state index is 0.150. The average molecular weight is 228 g/mol. The molecule has 0 aliphatic heterocycles. The maximum absolute atomic E-state index is 13.4. The van der Waals surface area contributed by atoms with Gasteiger partial charge in [-0.05, 0) is 36.8 Å². The number of nitrogens with zero attached hydrogens (tertiary/aromatic N) is 2. The molecule has 0 spiro atoms. The minimum Gasteiger partial charge on any atom is -0.453 e. The van der Waals surface area contributed by atoms with E-state index in [2.05, 4.69) is 4.98 Å². The van der Waals surface area contributed by atoms with Crippen LogP contribution in [0.3, 0.4) is 0 Å². The second kappa shape index (κ2) is 4.62. The molecule has 0 bridgehead atoms. The molecular formula is C13H9FN2O. The van der Waals surface area contributed by atoms with E-state index in [0.717, 1.165) is 5.56 Å². The normalized spacial score (nSPS) is 9.71. The van der Waals surface area contributed by atoms with Gasteiger partial charge < -0.3 is 4.74 Å². The number of hydrogen-bond donors (Lipinski definition) is 0. The first-order valence-corrected chi connectivity index (χ1v) is 4.99. The molecule has 1 aromatic heterocycles. The standard InChI is InChI=1S/C13H9FN2O/c1-9-2-5-12(14)13(6-9)17-11-4-3-10(7-15)16-8-11/h2-6,8H,1H3. The van der Waals surface area contributed by atoms with Gasteiger partial charge in [-0.1, -0.05) is 6.07 Å². The smallest absolute Gasteiger partial charge is 0.165 e. The first-order chi connectivity index (χ1) is 8.19. The Morgan fingerprint density at radius 1 is 1.29 bits per heavy atom. The SMILES string of the molecule is Cc1ccc(F)c(Oc2ccc(C#N)nc2)c1. The lowest BCUT2D eigenvalue weighted by molar-refractivity contribution is 0.440. The van der Waals surface area contributed by atoms with Crippen molar-refractivity contribution in [3.05, 3.63) is 53.6 Å². The lowest BCUT2D eigenvalue weighted by atomic mass is 10.2. The number of hydrogen-bond acceptors (Lipinski definition) is 3. The number of aryl methyl sites for hydroxylation is 1. The van der Waals surface area contributed by atoms with Crippen LogP contribution in [0.2, 0.25) is 0 Å². The fourth-order valence-electron chi connectivity index (χ4n) is 1.32. The molecule has 1 aromatic carbocycles. The summed E-state index contributed by atoms with van der Waals surface area (Å²) in [6, 6.07) is 9.61. The number of ether oxygens (including phenoxy) is 1. The van der Waals surface area contributed by atoms with E-state index in [1.165, 1.54) is 18.3 Å². The van der Waals surface area contributed by atoms with Crippen LogP contribution in [0.5, 0.6) is 11.5 Å². The highest BCUT2D eigenvalue weighted by molar-refractivity contribution is 5.35. The van der Waals surface area contributed by atoms with Gasteiger partial charge in [0.1, 0.15) is 17.5 Å². The van der Waals surface area contributed by atoms with Gasteiger partial charge in [-0.3, -0.25) is 0 Å². The summed E-state index contributed by atoms with van der Waals surface area (Å²) in [5, 5.41) is 8.59. The molecule has 3 nitrogen and oxygen atoms in total. The molecule has 0 N–H and O–H groups in total. The number of pyridine rings is 1. The van der Waals surface area contributed by atoms with Crippen molar-refractivity contribution in [2.24, 2.45) is 0 Å².